The zero-order valence-electron chi connectivity index (χ0n) is 13.7. The van der Waals surface area contributed by atoms with Gasteiger partial charge in [0.15, 0.2) is 5.76 Å². The molecule has 124 valence electrons. The molecule has 5 nitrogen and oxygen atoms in total. The highest BCUT2D eigenvalue weighted by molar-refractivity contribution is 6.08. The van der Waals surface area contributed by atoms with Gasteiger partial charge in [0.05, 0.1) is 0 Å². The van der Waals surface area contributed by atoms with Gasteiger partial charge in [-0.1, -0.05) is 36.4 Å². The number of carboxylic acid groups (broad SMARTS) is 1. The summed E-state index contributed by atoms with van der Waals surface area (Å²) < 4.78 is 5.91. The molecule has 0 fully saturated rings. The number of carbonyl (C=O) groups excluding carboxylic acids is 1. The molecule has 0 radical (unpaired) electrons. The van der Waals surface area contributed by atoms with Crippen LogP contribution in [-0.4, -0.2) is 35.5 Å². The van der Waals surface area contributed by atoms with Crippen LogP contribution in [0.5, 0.6) is 0 Å². The van der Waals surface area contributed by atoms with Crippen LogP contribution in [-0.2, 0) is 4.79 Å². The maximum Gasteiger partial charge on any atom is 0.303 e. The van der Waals surface area contributed by atoms with Gasteiger partial charge < -0.3 is 14.4 Å². The number of fused-ring (bicyclic) bond motifs is 3. The lowest BCUT2D eigenvalue weighted by Gasteiger charge is -2.15. The predicted octanol–water partition coefficient (Wildman–Crippen LogP) is 3.83. The van der Waals surface area contributed by atoms with Gasteiger partial charge >= 0.3 is 5.97 Å². The summed E-state index contributed by atoms with van der Waals surface area (Å²) in [6, 6.07) is 11.9. The number of rotatable bonds is 5. The summed E-state index contributed by atoms with van der Waals surface area (Å²) in [7, 11) is 1.66. The van der Waals surface area contributed by atoms with E-state index in [1.54, 1.807) is 7.05 Å². The average Bonchev–Trinajstić information content (AvgIpc) is 2.91. The van der Waals surface area contributed by atoms with E-state index in [1.165, 1.54) is 4.90 Å². The molecule has 0 spiro atoms. The smallest absolute Gasteiger partial charge is 0.303 e. The molecule has 0 atom stereocenters. The molecular formula is C19H19NO4. The maximum absolute atomic E-state index is 12.6. The number of carbonyl (C=O) groups is 2. The first-order valence-corrected chi connectivity index (χ1v) is 7.87. The van der Waals surface area contributed by atoms with Gasteiger partial charge in [0.25, 0.3) is 5.91 Å². The van der Waals surface area contributed by atoms with Crippen LogP contribution in [0.3, 0.4) is 0 Å². The number of hydrogen-bond acceptors (Lipinski definition) is 3. The lowest BCUT2D eigenvalue weighted by molar-refractivity contribution is -0.137. The first kappa shape index (κ1) is 16.1. The van der Waals surface area contributed by atoms with Crippen molar-refractivity contribution in [3.05, 3.63) is 47.7 Å². The second-order valence-electron chi connectivity index (χ2n) is 5.94. The minimum absolute atomic E-state index is 0.0430. The summed E-state index contributed by atoms with van der Waals surface area (Å²) in [6.07, 6.45) is 0.459. The first-order valence-electron chi connectivity index (χ1n) is 7.87. The van der Waals surface area contributed by atoms with Crippen molar-refractivity contribution in [1.82, 2.24) is 4.90 Å². The van der Waals surface area contributed by atoms with Gasteiger partial charge in [0, 0.05) is 36.3 Å². The Morgan fingerprint density at radius 1 is 1.12 bits per heavy atom. The Morgan fingerprint density at radius 3 is 2.62 bits per heavy atom. The van der Waals surface area contributed by atoms with Crippen molar-refractivity contribution >= 4 is 33.6 Å². The molecule has 5 heteroatoms. The molecule has 0 unspecified atom stereocenters. The molecule has 1 amide bonds. The first-order chi connectivity index (χ1) is 11.5. The molecule has 0 bridgehead atoms. The highest BCUT2D eigenvalue weighted by Crippen LogP contribution is 2.32. The Hall–Kier alpha value is -2.82. The number of hydrogen-bond donors (Lipinski definition) is 1. The van der Waals surface area contributed by atoms with Crippen molar-refractivity contribution in [2.75, 3.05) is 13.6 Å². The quantitative estimate of drug-likeness (QED) is 0.774. The molecule has 3 rings (SSSR count). The van der Waals surface area contributed by atoms with Crippen LogP contribution in [0.25, 0.3) is 21.7 Å². The number of carboxylic acids is 1. The molecule has 1 N–H and O–H groups in total. The van der Waals surface area contributed by atoms with Crippen LogP contribution in [0.1, 0.15) is 29.0 Å². The highest BCUT2D eigenvalue weighted by Gasteiger charge is 2.21. The van der Waals surface area contributed by atoms with Gasteiger partial charge in [0.2, 0.25) is 0 Å². The maximum atomic E-state index is 12.6. The molecule has 0 aliphatic carbocycles. The van der Waals surface area contributed by atoms with Crippen molar-refractivity contribution in [2.45, 2.75) is 19.8 Å². The zero-order chi connectivity index (χ0) is 17.3. The van der Waals surface area contributed by atoms with Crippen molar-refractivity contribution in [2.24, 2.45) is 0 Å². The zero-order valence-corrected chi connectivity index (χ0v) is 13.7. The lowest BCUT2D eigenvalue weighted by Crippen LogP contribution is -2.28. The van der Waals surface area contributed by atoms with E-state index < -0.39 is 5.97 Å². The minimum atomic E-state index is -0.859. The normalized spacial score (nSPS) is 11.1. The summed E-state index contributed by atoms with van der Waals surface area (Å²) in [5.41, 5.74) is 1.53. The number of amides is 1. The average molecular weight is 325 g/mol. The van der Waals surface area contributed by atoms with Crippen molar-refractivity contribution in [3.63, 3.8) is 0 Å². The van der Waals surface area contributed by atoms with Crippen molar-refractivity contribution in [1.29, 1.82) is 0 Å². The van der Waals surface area contributed by atoms with Crippen LogP contribution >= 0.6 is 0 Å². The molecule has 1 aromatic heterocycles. The third-order valence-electron chi connectivity index (χ3n) is 4.25. The van der Waals surface area contributed by atoms with Crippen LogP contribution in [0.2, 0.25) is 0 Å². The van der Waals surface area contributed by atoms with E-state index in [9.17, 15) is 9.59 Å². The Labute approximate surface area is 139 Å². The van der Waals surface area contributed by atoms with Crippen LogP contribution < -0.4 is 0 Å². The second-order valence-corrected chi connectivity index (χ2v) is 5.94. The van der Waals surface area contributed by atoms with Gasteiger partial charge in [-0.05, 0) is 18.7 Å². The summed E-state index contributed by atoms with van der Waals surface area (Å²) in [4.78, 5) is 24.7. The molecule has 1 heterocycles. The molecular weight excluding hydrogens is 306 g/mol. The lowest BCUT2D eigenvalue weighted by atomic mass is 10.1. The fourth-order valence-electron chi connectivity index (χ4n) is 2.90. The number of aliphatic carboxylic acids is 1. The van der Waals surface area contributed by atoms with E-state index in [4.69, 9.17) is 9.52 Å². The molecule has 24 heavy (non-hydrogen) atoms. The van der Waals surface area contributed by atoms with E-state index in [-0.39, 0.29) is 12.3 Å². The van der Waals surface area contributed by atoms with Crippen LogP contribution in [0, 0.1) is 6.92 Å². The number of benzene rings is 2. The van der Waals surface area contributed by atoms with Gasteiger partial charge in [0.1, 0.15) is 5.58 Å². The van der Waals surface area contributed by atoms with Crippen molar-refractivity contribution < 1.29 is 19.1 Å². The van der Waals surface area contributed by atoms with Crippen LogP contribution in [0.15, 0.2) is 40.8 Å². The van der Waals surface area contributed by atoms with Gasteiger partial charge in [-0.2, -0.15) is 0 Å². The topological polar surface area (TPSA) is 70.8 Å². The second kappa shape index (κ2) is 6.35. The Morgan fingerprint density at radius 2 is 1.88 bits per heavy atom. The molecule has 0 aliphatic heterocycles. The Balaban J connectivity index is 1.94. The third kappa shape index (κ3) is 2.85. The van der Waals surface area contributed by atoms with Gasteiger partial charge in [-0.3, -0.25) is 9.59 Å². The number of nitrogens with zero attached hydrogens (tertiary/aromatic N) is 1. The molecule has 0 saturated carbocycles. The monoisotopic (exact) mass is 325 g/mol. The fraction of sp³-hybridized carbons (Fsp3) is 0.263. The molecule has 0 saturated heterocycles. The molecule has 0 aliphatic rings. The molecule has 2 aromatic carbocycles. The summed E-state index contributed by atoms with van der Waals surface area (Å²) >= 11 is 0. The summed E-state index contributed by atoms with van der Waals surface area (Å²) in [5, 5.41) is 11.7. The largest absolute Gasteiger partial charge is 0.481 e. The fourth-order valence-corrected chi connectivity index (χ4v) is 2.90. The number of aryl methyl sites for hydroxylation is 1. The minimum Gasteiger partial charge on any atom is -0.481 e. The Kier molecular flexibility index (Phi) is 4.25. The Bertz CT molecular complexity index is 926. The standard InChI is InChI=1S/C19H19NO4/c1-12-14-10-9-13-6-3-4-7-15(13)18(14)24-17(12)19(23)20(2)11-5-8-16(21)22/h3-4,6-7,9-10H,5,8,11H2,1-2H3,(H,21,22). The van der Waals surface area contributed by atoms with Crippen molar-refractivity contribution in [3.8, 4) is 0 Å². The van der Waals surface area contributed by atoms with Gasteiger partial charge in [-0.15, -0.1) is 0 Å². The highest BCUT2D eigenvalue weighted by atomic mass is 16.4. The van der Waals surface area contributed by atoms with E-state index in [0.717, 1.165) is 21.7 Å². The summed E-state index contributed by atoms with van der Waals surface area (Å²) in [6.45, 7) is 2.25. The van der Waals surface area contributed by atoms with E-state index in [2.05, 4.69) is 0 Å². The summed E-state index contributed by atoms with van der Waals surface area (Å²) in [5.74, 6) is -0.764. The van der Waals surface area contributed by atoms with Crippen LogP contribution in [0.4, 0.5) is 0 Å². The SMILES string of the molecule is Cc1c(C(=O)N(C)CCCC(=O)O)oc2c1ccc1ccccc12. The van der Waals surface area contributed by atoms with E-state index in [0.29, 0.717) is 24.3 Å². The third-order valence-corrected chi connectivity index (χ3v) is 4.25. The van der Waals surface area contributed by atoms with Gasteiger partial charge in [-0.25, -0.2) is 0 Å². The number of furan rings is 1. The van der Waals surface area contributed by atoms with E-state index >= 15 is 0 Å². The molecule has 3 aromatic rings. The van der Waals surface area contributed by atoms with E-state index in [1.807, 2.05) is 43.3 Å². The predicted molar refractivity (Wildman–Crippen MR) is 92.3 cm³/mol.